The van der Waals surface area contributed by atoms with E-state index in [9.17, 15) is 18.3 Å². The molecule has 3 fully saturated rings. The summed E-state index contributed by atoms with van der Waals surface area (Å²) in [5.41, 5.74) is 0. The first kappa shape index (κ1) is 28.3. The van der Waals surface area contributed by atoms with Gasteiger partial charge in [-0.05, 0) is 63.8 Å². The van der Waals surface area contributed by atoms with E-state index in [2.05, 4.69) is 26.4 Å². The van der Waals surface area contributed by atoms with E-state index in [0.717, 1.165) is 77.8 Å². The quantitative estimate of drug-likeness (QED) is 0.266. The van der Waals surface area contributed by atoms with Crippen molar-refractivity contribution in [1.29, 1.82) is 10.8 Å². The van der Waals surface area contributed by atoms with Crippen LogP contribution in [0.5, 0.6) is 0 Å². The van der Waals surface area contributed by atoms with E-state index in [1.165, 1.54) is 0 Å². The van der Waals surface area contributed by atoms with Crippen molar-refractivity contribution in [2.75, 3.05) is 46.4 Å². The summed E-state index contributed by atoms with van der Waals surface area (Å²) in [7, 11) is 1.74. The summed E-state index contributed by atoms with van der Waals surface area (Å²) in [6, 6.07) is 0.222. The molecule has 2 saturated carbocycles. The Hall–Kier alpha value is -1.27. The Morgan fingerprint density at radius 2 is 1.71 bits per heavy atom. The summed E-state index contributed by atoms with van der Waals surface area (Å²) in [6.07, 6.45) is 1.26. The van der Waals surface area contributed by atoms with Crippen molar-refractivity contribution >= 4 is 11.8 Å². The second kappa shape index (κ2) is 12.8. The van der Waals surface area contributed by atoms with Gasteiger partial charge >= 0.3 is 6.18 Å². The molecule has 11 heteroatoms. The highest BCUT2D eigenvalue weighted by Gasteiger charge is 2.40. The van der Waals surface area contributed by atoms with Gasteiger partial charge in [-0.2, -0.15) is 13.2 Å². The second-order valence-corrected chi connectivity index (χ2v) is 10.2. The lowest BCUT2D eigenvalue weighted by atomic mass is 9.81. The molecule has 3 N–H and O–H groups in total. The highest BCUT2D eigenvalue weighted by molar-refractivity contribution is 5.92. The van der Waals surface area contributed by atoms with Gasteiger partial charge in [0.05, 0.1) is 6.10 Å². The van der Waals surface area contributed by atoms with Crippen LogP contribution in [0.3, 0.4) is 0 Å². The van der Waals surface area contributed by atoms with E-state index in [0.29, 0.717) is 12.8 Å². The van der Waals surface area contributed by atoms with Crippen molar-refractivity contribution in [3.8, 4) is 0 Å². The number of halogens is 3. The normalized spacial score (nSPS) is 30.3. The molecular formula is C24H42F3N5O3. The molecule has 3 aliphatic rings. The smallest absolute Gasteiger partial charge is 0.421 e. The fourth-order valence-electron chi connectivity index (χ4n) is 5.74. The maximum Gasteiger partial charge on any atom is 0.468 e. The van der Waals surface area contributed by atoms with Crippen molar-refractivity contribution in [3.63, 3.8) is 0 Å². The Balaban J connectivity index is 1.59. The third-order valence-electron chi connectivity index (χ3n) is 8.03. The summed E-state index contributed by atoms with van der Waals surface area (Å²) in [5, 5.41) is 26.4. The van der Waals surface area contributed by atoms with Crippen molar-refractivity contribution < 1.29 is 27.8 Å². The number of nitrogens with one attached hydrogen (secondary N) is 2. The molecule has 3 atom stereocenters. The van der Waals surface area contributed by atoms with E-state index < -0.39 is 30.2 Å². The molecular weight excluding hydrogens is 463 g/mol. The maximum atomic E-state index is 12.6. The minimum Gasteiger partial charge on any atom is -0.421 e. The molecule has 2 aliphatic carbocycles. The monoisotopic (exact) mass is 505 g/mol. The highest BCUT2D eigenvalue weighted by Crippen LogP contribution is 2.34. The summed E-state index contributed by atoms with van der Waals surface area (Å²) < 4.78 is 47.9. The molecule has 35 heavy (non-hydrogen) atoms. The number of methoxy groups -OCH3 is 1. The van der Waals surface area contributed by atoms with Gasteiger partial charge in [0.25, 0.3) is 5.90 Å². The Kier molecular flexibility index (Phi) is 10.4. The van der Waals surface area contributed by atoms with E-state index in [4.69, 9.17) is 15.6 Å². The first-order valence-electron chi connectivity index (χ1n) is 13.0. The maximum absolute atomic E-state index is 12.6. The van der Waals surface area contributed by atoms with Crippen LogP contribution in [0.1, 0.15) is 58.3 Å². The first-order valence-corrected chi connectivity index (χ1v) is 13.0. The standard InChI is InChI=1S/C24H42F3N5O3/c1-3-30-11-13-31(14-12-30)23(33)32(19-5-4-6-20(15-19)34-2)16-17-7-9-18(10-8-17)21(28)35-22(29)24(25,26)27/h17-20,23,28-29,33H,3-16H2,1-2H3. The van der Waals surface area contributed by atoms with Gasteiger partial charge in [-0.3, -0.25) is 20.6 Å². The fourth-order valence-corrected chi connectivity index (χ4v) is 5.74. The minimum atomic E-state index is -4.87. The van der Waals surface area contributed by atoms with Gasteiger partial charge in [0.15, 0.2) is 12.2 Å². The third-order valence-corrected chi connectivity index (χ3v) is 8.03. The van der Waals surface area contributed by atoms with Gasteiger partial charge in [-0.15, -0.1) is 0 Å². The molecule has 202 valence electrons. The van der Waals surface area contributed by atoms with Crippen molar-refractivity contribution in [1.82, 2.24) is 14.7 Å². The summed E-state index contributed by atoms with van der Waals surface area (Å²) >= 11 is 0. The number of aliphatic hydroxyl groups is 1. The number of rotatable bonds is 8. The van der Waals surface area contributed by atoms with Gasteiger partial charge in [0.1, 0.15) is 0 Å². The van der Waals surface area contributed by atoms with Gasteiger partial charge < -0.3 is 19.5 Å². The van der Waals surface area contributed by atoms with Crippen molar-refractivity contribution in [3.05, 3.63) is 0 Å². The number of hydrogen-bond donors (Lipinski definition) is 3. The molecule has 0 aromatic rings. The summed E-state index contributed by atoms with van der Waals surface area (Å²) in [4.78, 5) is 6.77. The summed E-state index contributed by atoms with van der Waals surface area (Å²) in [5.74, 6) is -2.41. The van der Waals surface area contributed by atoms with Gasteiger partial charge in [0.2, 0.25) is 0 Å². The Morgan fingerprint density at radius 1 is 1.06 bits per heavy atom. The van der Waals surface area contributed by atoms with Crippen LogP contribution in [0.2, 0.25) is 0 Å². The van der Waals surface area contributed by atoms with Crippen LogP contribution in [-0.4, -0.2) is 103 Å². The highest BCUT2D eigenvalue weighted by atomic mass is 19.4. The van der Waals surface area contributed by atoms with Gasteiger partial charge in [0, 0.05) is 51.8 Å². The number of piperazine rings is 1. The van der Waals surface area contributed by atoms with E-state index >= 15 is 0 Å². The van der Waals surface area contributed by atoms with Crippen molar-refractivity contribution in [2.45, 2.75) is 83.0 Å². The van der Waals surface area contributed by atoms with Crippen LogP contribution < -0.4 is 0 Å². The molecule has 1 aliphatic heterocycles. The molecule has 0 bridgehead atoms. The number of nitrogens with zero attached hydrogens (tertiary/aromatic N) is 3. The molecule has 3 unspecified atom stereocenters. The number of hydrogen-bond acceptors (Lipinski definition) is 8. The largest absolute Gasteiger partial charge is 0.468 e. The lowest BCUT2D eigenvalue weighted by Gasteiger charge is -2.47. The van der Waals surface area contributed by atoms with Crippen LogP contribution in [0.4, 0.5) is 13.2 Å². The zero-order valence-electron chi connectivity index (χ0n) is 21.0. The molecule has 0 amide bonds. The lowest BCUT2D eigenvalue weighted by molar-refractivity contribution is -0.155. The predicted octanol–water partition coefficient (Wildman–Crippen LogP) is 3.50. The van der Waals surface area contributed by atoms with Crippen LogP contribution >= 0.6 is 0 Å². The van der Waals surface area contributed by atoms with Crippen LogP contribution in [0, 0.1) is 22.7 Å². The molecule has 0 aromatic heterocycles. The van der Waals surface area contributed by atoms with Crippen LogP contribution in [0.15, 0.2) is 0 Å². The minimum absolute atomic E-state index is 0.192. The van der Waals surface area contributed by atoms with Crippen molar-refractivity contribution in [2.24, 2.45) is 11.8 Å². The second-order valence-electron chi connectivity index (χ2n) is 10.2. The van der Waals surface area contributed by atoms with Gasteiger partial charge in [-0.1, -0.05) is 6.92 Å². The van der Waals surface area contributed by atoms with E-state index in [1.54, 1.807) is 7.11 Å². The number of aliphatic hydroxyl groups excluding tert-OH is 1. The average molecular weight is 506 g/mol. The number of likely N-dealkylation sites (N-methyl/N-ethyl adjacent to an activating group) is 1. The molecule has 8 nitrogen and oxygen atoms in total. The van der Waals surface area contributed by atoms with E-state index in [-0.39, 0.29) is 18.1 Å². The van der Waals surface area contributed by atoms with Gasteiger partial charge in [-0.25, -0.2) is 0 Å². The third kappa shape index (κ3) is 7.85. The number of ether oxygens (including phenoxy) is 2. The van der Waals surface area contributed by atoms with Crippen LogP contribution in [0.25, 0.3) is 0 Å². The molecule has 0 aromatic carbocycles. The predicted molar refractivity (Wildman–Crippen MR) is 127 cm³/mol. The topological polar surface area (TPSA) is 96.1 Å². The number of alkyl halides is 3. The fraction of sp³-hybridized carbons (Fsp3) is 0.917. The molecule has 1 saturated heterocycles. The molecule has 0 radical (unpaired) electrons. The first-order chi connectivity index (χ1) is 16.6. The summed E-state index contributed by atoms with van der Waals surface area (Å²) in [6.45, 7) is 7.39. The van der Waals surface area contributed by atoms with E-state index in [1.807, 2.05) is 0 Å². The Labute approximate surface area is 206 Å². The zero-order valence-corrected chi connectivity index (χ0v) is 21.0. The average Bonchev–Trinajstić information content (AvgIpc) is 2.86. The Morgan fingerprint density at radius 3 is 2.29 bits per heavy atom. The van der Waals surface area contributed by atoms with Crippen LogP contribution in [-0.2, 0) is 9.47 Å². The Bertz CT molecular complexity index is 694. The lowest BCUT2D eigenvalue weighted by Crippen LogP contribution is -2.59. The SMILES string of the molecule is CCN1CCN(C(O)N(CC2CCC(C(=N)OC(=N)C(F)(F)F)CC2)C2CCCC(OC)C2)CC1. The molecule has 3 rings (SSSR count). The zero-order chi connectivity index (χ0) is 25.6. The molecule has 0 spiro atoms. The molecule has 1 heterocycles.